The molecule has 108 valence electrons. The van der Waals surface area contributed by atoms with E-state index in [4.69, 9.17) is 18.0 Å². The third kappa shape index (κ3) is 3.38. The normalized spacial score (nSPS) is 17.5. The number of amides is 1. The van der Waals surface area contributed by atoms with Crippen LogP contribution < -0.4 is 11.1 Å². The van der Waals surface area contributed by atoms with Gasteiger partial charge in [0, 0.05) is 10.0 Å². The molecule has 1 aliphatic rings. The van der Waals surface area contributed by atoms with Crippen molar-refractivity contribution in [1.29, 1.82) is 0 Å². The molecule has 0 atom stereocenters. The summed E-state index contributed by atoms with van der Waals surface area (Å²) in [6.45, 7) is 1.96. The van der Waals surface area contributed by atoms with Gasteiger partial charge in [0.1, 0.15) is 0 Å². The molecule has 0 spiro atoms. The Hall–Kier alpha value is -0.940. The zero-order chi connectivity index (χ0) is 14.8. The number of hydrogen-bond donors (Lipinski definition) is 2. The van der Waals surface area contributed by atoms with Crippen LogP contribution in [0.25, 0.3) is 0 Å². The van der Waals surface area contributed by atoms with Crippen LogP contribution in [0.3, 0.4) is 0 Å². The number of benzene rings is 1. The number of carbonyl (C=O) groups excluding carboxylic acids is 1. The molecule has 20 heavy (non-hydrogen) atoms. The van der Waals surface area contributed by atoms with Crippen molar-refractivity contribution in [1.82, 2.24) is 5.32 Å². The number of halogens is 1. The van der Waals surface area contributed by atoms with Crippen LogP contribution in [0.1, 0.15) is 48.0 Å². The lowest BCUT2D eigenvalue weighted by atomic mass is 9.81. The summed E-state index contributed by atoms with van der Waals surface area (Å²) < 4.78 is 0.899. The molecular formula is C15H19BrN2OS. The second-order valence-electron chi connectivity index (χ2n) is 5.48. The molecule has 5 heteroatoms. The first-order chi connectivity index (χ1) is 9.43. The molecule has 2 rings (SSSR count). The highest BCUT2D eigenvalue weighted by Crippen LogP contribution is 2.29. The maximum absolute atomic E-state index is 12.5. The quantitative estimate of drug-likeness (QED) is 0.817. The van der Waals surface area contributed by atoms with E-state index in [0.29, 0.717) is 10.6 Å². The second-order valence-corrected chi connectivity index (χ2v) is 6.83. The molecule has 1 amide bonds. The van der Waals surface area contributed by atoms with Gasteiger partial charge in [-0.15, -0.1) is 0 Å². The Morgan fingerprint density at radius 2 is 1.95 bits per heavy atom. The molecule has 0 bridgehead atoms. The highest BCUT2D eigenvalue weighted by molar-refractivity contribution is 9.10. The molecule has 0 aliphatic heterocycles. The van der Waals surface area contributed by atoms with Crippen LogP contribution in [0.15, 0.2) is 22.7 Å². The zero-order valence-electron chi connectivity index (χ0n) is 11.5. The fraction of sp³-hybridized carbons (Fsp3) is 0.467. The van der Waals surface area contributed by atoms with E-state index in [-0.39, 0.29) is 5.91 Å². The third-order valence-electron chi connectivity index (χ3n) is 3.84. The van der Waals surface area contributed by atoms with Gasteiger partial charge in [0.15, 0.2) is 0 Å². The van der Waals surface area contributed by atoms with Crippen LogP contribution in [-0.4, -0.2) is 16.4 Å². The van der Waals surface area contributed by atoms with E-state index in [0.717, 1.165) is 35.7 Å². The Bertz CT molecular complexity index is 518. The summed E-state index contributed by atoms with van der Waals surface area (Å²) in [5.41, 5.74) is 7.06. The number of thiocarbonyl (C=S) groups is 1. The summed E-state index contributed by atoms with van der Waals surface area (Å²) in [7, 11) is 0. The van der Waals surface area contributed by atoms with Crippen LogP contribution in [0, 0.1) is 6.92 Å². The van der Waals surface area contributed by atoms with Crippen LogP contribution in [0.5, 0.6) is 0 Å². The molecule has 0 aromatic heterocycles. The first-order valence-electron chi connectivity index (χ1n) is 6.83. The highest BCUT2D eigenvalue weighted by Gasteiger charge is 2.36. The van der Waals surface area contributed by atoms with E-state index in [9.17, 15) is 4.79 Å². The average Bonchev–Trinajstić information content (AvgIpc) is 2.38. The predicted octanol–water partition coefficient (Wildman–Crippen LogP) is 3.48. The van der Waals surface area contributed by atoms with Crippen LogP contribution >= 0.6 is 28.1 Å². The van der Waals surface area contributed by atoms with Crippen LogP contribution in [0.2, 0.25) is 0 Å². The van der Waals surface area contributed by atoms with Crippen molar-refractivity contribution in [2.75, 3.05) is 0 Å². The molecular weight excluding hydrogens is 336 g/mol. The minimum absolute atomic E-state index is 0.107. The number of carbonyl (C=O) groups is 1. The molecule has 1 aliphatic carbocycles. The van der Waals surface area contributed by atoms with Crippen molar-refractivity contribution in [3.63, 3.8) is 0 Å². The summed E-state index contributed by atoms with van der Waals surface area (Å²) in [6.07, 6.45) is 4.95. The van der Waals surface area contributed by atoms with E-state index < -0.39 is 5.54 Å². The lowest BCUT2D eigenvalue weighted by molar-refractivity contribution is 0.0908. The third-order valence-corrected chi connectivity index (χ3v) is 4.68. The van der Waals surface area contributed by atoms with Gasteiger partial charge in [-0.05, 0) is 43.5 Å². The minimum Gasteiger partial charge on any atom is -0.391 e. The van der Waals surface area contributed by atoms with E-state index in [1.54, 1.807) is 0 Å². The van der Waals surface area contributed by atoms with E-state index in [1.807, 2.05) is 25.1 Å². The summed E-state index contributed by atoms with van der Waals surface area (Å²) in [6, 6.07) is 5.66. The molecule has 3 N–H and O–H groups in total. The molecule has 1 aromatic carbocycles. The molecule has 0 heterocycles. The summed E-state index contributed by atoms with van der Waals surface area (Å²) >= 11 is 8.62. The molecule has 0 radical (unpaired) electrons. The lowest BCUT2D eigenvalue weighted by Gasteiger charge is -2.37. The van der Waals surface area contributed by atoms with Gasteiger partial charge in [0.25, 0.3) is 5.91 Å². The topological polar surface area (TPSA) is 55.1 Å². The molecule has 1 saturated carbocycles. The van der Waals surface area contributed by atoms with Crippen molar-refractivity contribution < 1.29 is 4.79 Å². The van der Waals surface area contributed by atoms with Crippen molar-refractivity contribution in [3.8, 4) is 0 Å². The van der Waals surface area contributed by atoms with Crippen LogP contribution in [-0.2, 0) is 0 Å². The predicted molar refractivity (Wildman–Crippen MR) is 88.9 cm³/mol. The van der Waals surface area contributed by atoms with Gasteiger partial charge in [-0.25, -0.2) is 0 Å². The smallest absolute Gasteiger partial charge is 0.252 e. The van der Waals surface area contributed by atoms with Gasteiger partial charge in [-0.1, -0.05) is 47.4 Å². The fourth-order valence-electron chi connectivity index (χ4n) is 2.75. The number of aryl methyl sites for hydroxylation is 1. The average molecular weight is 355 g/mol. The molecule has 1 fully saturated rings. The summed E-state index contributed by atoms with van der Waals surface area (Å²) in [5, 5.41) is 3.08. The van der Waals surface area contributed by atoms with Crippen molar-refractivity contribution in [2.24, 2.45) is 5.73 Å². The Morgan fingerprint density at radius 3 is 2.50 bits per heavy atom. The molecule has 0 saturated heterocycles. The minimum atomic E-state index is -0.513. The number of rotatable bonds is 3. The van der Waals surface area contributed by atoms with Crippen molar-refractivity contribution in [2.45, 2.75) is 44.6 Å². The van der Waals surface area contributed by atoms with Gasteiger partial charge >= 0.3 is 0 Å². The van der Waals surface area contributed by atoms with E-state index in [1.165, 1.54) is 6.42 Å². The standard InChI is InChI=1S/C15H19BrN2OS/c1-10-7-11(9-12(16)8-10)13(19)18-15(14(17)20)5-3-2-4-6-15/h7-9H,2-6H2,1H3,(H2,17,20)(H,18,19). The summed E-state index contributed by atoms with van der Waals surface area (Å²) in [4.78, 5) is 12.9. The van der Waals surface area contributed by atoms with Crippen LogP contribution in [0.4, 0.5) is 0 Å². The SMILES string of the molecule is Cc1cc(Br)cc(C(=O)NC2(C(N)=S)CCCCC2)c1. The Balaban J connectivity index is 2.22. The van der Waals surface area contributed by atoms with Gasteiger partial charge < -0.3 is 11.1 Å². The molecule has 3 nitrogen and oxygen atoms in total. The number of nitrogens with one attached hydrogen (secondary N) is 1. The first-order valence-corrected chi connectivity index (χ1v) is 8.03. The highest BCUT2D eigenvalue weighted by atomic mass is 79.9. The monoisotopic (exact) mass is 354 g/mol. The van der Waals surface area contributed by atoms with Crippen molar-refractivity contribution in [3.05, 3.63) is 33.8 Å². The maximum atomic E-state index is 12.5. The number of nitrogens with two attached hydrogens (primary N) is 1. The fourth-order valence-corrected chi connectivity index (χ4v) is 3.61. The molecule has 1 aromatic rings. The Labute approximate surface area is 133 Å². The second kappa shape index (κ2) is 6.22. The molecule has 0 unspecified atom stereocenters. The number of hydrogen-bond acceptors (Lipinski definition) is 2. The lowest BCUT2D eigenvalue weighted by Crippen LogP contribution is -2.57. The Morgan fingerprint density at radius 1 is 1.30 bits per heavy atom. The largest absolute Gasteiger partial charge is 0.391 e. The first kappa shape index (κ1) is 15.4. The van der Waals surface area contributed by atoms with E-state index in [2.05, 4.69) is 21.2 Å². The van der Waals surface area contributed by atoms with Gasteiger partial charge in [-0.3, -0.25) is 4.79 Å². The van der Waals surface area contributed by atoms with E-state index >= 15 is 0 Å². The Kier molecular flexibility index (Phi) is 4.81. The van der Waals surface area contributed by atoms with Gasteiger partial charge in [-0.2, -0.15) is 0 Å². The maximum Gasteiger partial charge on any atom is 0.252 e. The van der Waals surface area contributed by atoms with Crippen molar-refractivity contribution >= 4 is 39.0 Å². The van der Waals surface area contributed by atoms with Gasteiger partial charge in [0.2, 0.25) is 0 Å². The van der Waals surface area contributed by atoms with Gasteiger partial charge in [0.05, 0.1) is 10.5 Å². The summed E-state index contributed by atoms with van der Waals surface area (Å²) in [5.74, 6) is -0.107. The zero-order valence-corrected chi connectivity index (χ0v) is 13.9.